The van der Waals surface area contributed by atoms with E-state index in [0.29, 0.717) is 18.6 Å². The van der Waals surface area contributed by atoms with Gasteiger partial charge in [0.2, 0.25) is 10.0 Å². The molecule has 9 nitrogen and oxygen atoms in total. The van der Waals surface area contributed by atoms with Crippen LogP contribution in [0.4, 0.5) is 20.6 Å². The Morgan fingerprint density at radius 1 is 1.15 bits per heavy atom. The summed E-state index contributed by atoms with van der Waals surface area (Å²) in [6.07, 6.45) is 1.76. The summed E-state index contributed by atoms with van der Waals surface area (Å²) < 4.78 is 42.0. The molecule has 2 amide bonds. The molecule has 2 aromatic rings. The molecule has 12 heteroatoms. The van der Waals surface area contributed by atoms with Crippen LogP contribution in [-0.2, 0) is 10.0 Å². The van der Waals surface area contributed by atoms with Gasteiger partial charge in [0.05, 0.1) is 16.4 Å². The zero-order valence-electron chi connectivity index (χ0n) is 17.5. The molecule has 2 heterocycles. The van der Waals surface area contributed by atoms with E-state index in [1.807, 2.05) is 0 Å². The molecule has 4 rings (SSSR count). The van der Waals surface area contributed by atoms with Crippen molar-refractivity contribution in [2.45, 2.75) is 49.6 Å². The molecule has 4 N–H and O–H groups in total. The number of phenolic OH excluding ortho intramolecular Hbond substituents is 1. The van der Waals surface area contributed by atoms with E-state index in [0.717, 1.165) is 0 Å². The number of nitrogens with one attached hydrogen (secondary N) is 2. The number of nitrogens with zero attached hydrogens (tertiary/aromatic N) is 2. The zero-order chi connectivity index (χ0) is 23.9. The fraction of sp³-hybridized carbons (Fsp3) is 0.333. The van der Waals surface area contributed by atoms with Crippen LogP contribution in [0.1, 0.15) is 31.2 Å². The Morgan fingerprint density at radius 2 is 1.79 bits per heavy atom. The van der Waals surface area contributed by atoms with Gasteiger partial charge in [-0.2, -0.15) is 4.31 Å². The predicted octanol–water partition coefficient (Wildman–Crippen LogP) is 4.28. The molecule has 0 radical (unpaired) electrons. The molecule has 0 spiro atoms. The molecule has 0 saturated carbocycles. The molecular formula is C21H22ClFN4O5S. The fourth-order valence-electron chi connectivity index (χ4n) is 4.44. The molecule has 33 heavy (non-hydrogen) atoms. The van der Waals surface area contributed by atoms with Crippen molar-refractivity contribution in [3.05, 3.63) is 46.7 Å². The highest BCUT2D eigenvalue weighted by atomic mass is 35.5. The summed E-state index contributed by atoms with van der Waals surface area (Å²) in [7, 11) is -4.23. The summed E-state index contributed by atoms with van der Waals surface area (Å²) in [5, 5.41) is 27.8. The van der Waals surface area contributed by atoms with Crippen molar-refractivity contribution in [3.63, 3.8) is 0 Å². The average Bonchev–Trinajstić information content (AvgIpc) is 3.05. The molecule has 2 atom stereocenters. The number of benzene rings is 2. The third-order valence-corrected chi connectivity index (χ3v) is 8.53. The fourth-order valence-corrected chi connectivity index (χ4v) is 6.91. The Hall–Kier alpha value is -2.89. The maximum Gasteiger partial charge on any atom is 0.323 e. The molecule has 0 aliphatic carbocycles. The number of anilines is 2. The number of oxime groups is 1. The average molecular weight is 497 g/mol. The van der Waals surface area contributed by atoms with E-state index in [2.05, 4.69) is 15.8 Å². The van der Waals surface area contributed by atoms with E-state index in [1.165, 1.54) is 41.6 Å². The maximum atomic E-state index is 13.7. The van der Waals surface area contributed by atoms with E-state index in [-0.39, 0.29) is 34.8 Å². The van der Waals surface area contributed by atoms with E-state index < -0.39 is 44.6 Å². The summed E-state index contributed by atoms with van der Waals surface area (Å²) in [4.78, 5) is 11.9. The Kier molecular flexibility index (Phi) is 6.21. The van der Waals surface area contributed by atoms with Crippen LogP contribution in [-0.4, -0.2) is 46.9 Å². The second-order valence-corrected chi connectivity index (χ2v) is 10.2. The van der Waals surface area contributed by atoms with Gasteiger partial charge in [-0.1, -0.05) is 22.8 Å². The topological polar surface area (TPSA) is 131 Å². The van der Waals surface area contributed by atoms with Gasteiger partial charge >= 0.3 is 6.03 Å². The molecule has 0 unspecified atom stereocenters. The number of urea groups is 1. The van der Waals surface area contributed by atoms with Gasteiger partial charge in [-0.3, -0.25) is 0 Å². The standard InChI is InChI=1S/C21H22ClFN4O5S/c1-11-16(23)3-2-4-17(11)24-21(29)25-18-8-7-15(22)20(19(18)28)33(31,32)27-13-5-6-14(27)10-12(9-13)26-30/h2-4,7-8,13-14,28,30H,5-6,9-10H2,1H3,(H2,24,25,29)/b26-12-/t13-,14+/m0/s1. The van der Waals surface area contributed by atoms with Crippen molar-refractivity contribution in [3.8, 4) is 5.75 Å². The van der Waals surface area contributed by atoms with Crippen LogP contribution < -0.4 is 10.6 Å². The minimum atomic E-state index is -4.23. The van der Waals surface area contributed by atoms with Gasteiger partial charge in [0, 0.05) is 36.2 Å². The Morgan fingerprint density at radius 3 is 2.42 bits per heavy atom. The van der Waals surface area contributed by atoms with Crippen molar-refractivity contribution in [2.24, 2.45) is 5.16 Å². The summed E-state index contributed by atoms with van der Waals surface area (Å²) in [5.74, 6) is -1.20. The second-order valence-electron chi connectivity index (χ2n) is 8.06. The van der Waals surface area contributed by atoms with Gasteiger partial charge in [-0.25, -0.2) is 17.6 Å². The van der Waals surface area contributed by atoms with E-state index in [1.54, 1.807) is 0 Å². The third kappa shape index (κ3) is 4.23. The van der Waals surface area contributed by atoms with E-state index in [9.17, 15) is 22.7 Å². The molecule has 2 aliphatic rings. The number of fused-ring (bicyclic) bond motifs is 2. The van der Waals surface area contributed by atoms with Gasteiger partial charge in [-0.05, 0) is 44.0 Å². The Balaban J connectivity index is 1.62. The van der Waals surface area contributed by atoms with Crippen molar-refractivity contribution >= 4 is 44.7 Å². The first-order valence-corrected chi connectivity index (χ1v) is 12.0. The molecule has 0 aromatic heterocycles. The summed E-state index contributed by atoms with van der Waals surface area (Å²) >= 11 is 6.18. The van der Waals surface area contributed by atoms with Gasteiger partial charge in [0.1, 0.15) is 10.7 Å². The van der Waals surface area contributed by atoms with Gasteiger partial charge in [0.15, 0.2) is 5.75 Å². The smallest absolute Gasteiger partial charge is 0.323 e. The molecule has 2 fully saturated rings. The number of hydrogen-bond acceptors (Lipinski definition) is 6. The number of hydrogen-bond donors (Lipinski definition) is 4. The predicted molar refractivity (Wildman–Crippen MR) is 121 cm³/mol. The van der Waals surface area contributed by atoms with Gasteiger partial charge in [-0.15, -0.1) is 0 Å². The number of piperidine rings is 1. The van der Waals surface area contributed by atoms with Crippen LogP contribution in [0.15, 0.2) is 40.4 Å². The second kappa shape index (κ2) is 8.81. The number of carbonyl (C=O) groups is 1. The number of phenols is 1. The molecule has 2 saturated heterocycles. The first-order chi connectivity index (χ1) is 15.6. The first kappa shape index (κ1) is 23.3. The Labute approximate surface area is 194 Å². The van der Waals surface area contributed by atoms with Crippen LogP contribution in [0.2, 0.25) is 5.02 Å². The molecule has 2 aromatic carbocycles. The van der Waals surface area contributed by atoms with Crippen molar-refractivity contribution in [2.75, 3.05) is 10.6 Å². The van der Waals surface area contributed by atoms with E-state index in [4.69, 9.17) is 16.8 Å². The zero-order valence-corrected chi connectivity index (χ0v) is 19.1. The van der Waals surface area contributed by atoms with Crippen LogP contribution in [0.3, 0.4) is 0 Å². The lowest BCUT2D eigenvalue weighted by atomic mass is 10.0. The normalized spacial score (nSPS) is 21.8. The highest BCUT2D eigenvalue weighted by Gasteiger charge is 2.48. The SMILES string of the molecule is Cc1c(F)cccc1NC(=O)Nc1ccc(Cl)c(S(=O)(=O)N2[C@@H]3CC[C@H]2C/C(=N/O)C3)c1O. The molecule has 2 bridgehead atoms. The van der Waals surface area contributed by atoms with Gasteiger partial charge < -0.3 is 20.9 Å². The molecule has 176 valence electrons. The molecular weight excluding hydrogens is 475 g/mol. The monoisotopic (exact) mass is 496 g/mol. The lowest BCUT2D eigenvalue weighted by Crippen LogP contribution is -2.46. The highest BCUT2D eigenvalue weighted by molar-refractivity contribution is 7.89. The van der Waals surface area contributed by atoms with Gasteiger partial charge in [0.25, 0.3) is 0 Å². The van der Waals surface area contributed by atoms with Crippen molar-refractivity contribution in [1.82, 2.24) is 4.31 Å². The van der Waals surface area contributed by atoms with Crippen molar-refractivity contribution in [1.29, 1.82) is 0 Å². The Bertz CT molecular complexity index is 1240. The number of amides is 2. The van der Waals surface area contributed by atoms with Crippen molar-refractivity contribution < 1.29 is 27.9 Å². The number of halogens is 2. The highest BCUT2D eigenvalue weighted by Crippen LogP contribution is 2.44. The van der Waals surface area contributed by atoms with Crippen LogP contribution in [0, 0.1) is 12.7 Å². The van der Waals surface area contributed by atoms with Crippen LogP contribution in [0.5, 0.6) is 5.75 Å². The lowest BCUT2D eigenvalue weighted by molar-refractivity contribution is 0.262. The first-order valence-electron chi connectivity index (χ1n) is 10.2. The largest absolute Gasteiger partial charge is 0.504 e. The summed E-state index contributed by atoms with van der Waals surface area (Å²) in [6.45, 7) is 1.50. The number of rotatable bonds is 4. The lowest BCUT2D eigenvalue weighted by Gasteiger charge is -2.34. The summed E-state index contributed by atoms with van der Waals surface area (Å²) in [5.41, 5.74) is 0.804. The van der Waals surface area contributed by atoms with Crippen LogP contribution >= 0.6 is 11.6 Å². The quantitative estimate of drug-likeness (QED) is 0.285. The minimum absolute atomic E-state index is 0.175. The number of sulfonamides is 1. The molecule has 2 aliphatic heterocycles. The number of aromatic hydroxyl groups is 1. The summed E-state index contributed by atoms with van der Waals surface area (Å²) in [6, 6.07) is 5.11. The number of carbonyl (C=O) groups excluding carboxylic acids is 1. The maximum absolute atomic E-state index is 13.7. The van der Waals surface area contributed by atoms with E-state index >= 15 is 0 Å². The minimum Gasteiger partial charge on any atom is -0.504 e. The third-order valence-electron chi connectivity index (χ3n) is 6.02. The van der Waals surface area contributed by atoms with Crippen LogP contribution in [0.25, 0.3) is 0 Å².